The summed E-state index contributed by atoms with van der Waals surface area (Å²) in [6.45, 7) is 0. The predicted molar refractivity (Wildman–Crippen MR) is 77.4 cm³/mol. The van der Waals surface area contributed by atoms with Crippen molar-refractivity contribution in [1.82, 2.24) is 5.32 Å². The fourth-order valence-electron chi connectivity index (χ4n) is 2.29. The molecule has 5 nitrogen and oxygen atoms in total. The van der Waals surface area contributed by atoms with Gasteiger partial charge in [-0.25, -0.2) is 4.79 Å². The molecule has 20 heavy (non-hydrogen) atoms. The van der Waals surface area contributed by atoms with Gasteiger partial charge in [-0.3, -0.25) is 4.79 Å². The summed E-state index contributed by atoms with van der Waals surface area (Å²) in [6, 6.07) is 4.36. The largest absolute Gasteiger partial charge is 0.481 e. The molecule has 0 aromatic heterocycles. The minimum Gasteiger partial charge on any atom is -0.481 e. The van der Waals surface area contributed by atoms with Crippen LogP contribution in [-0.4, -0.2) is 23.1 Å². The van der Waals surface area contributed by atoms with Crippen molar-refractivity contribution in [3.8, 4) is 0 Å². The van der Waals surface area contributed by atoms with Crippen LogP contribution >= 0.6 is 23.2 Å². The van der Waals surface area contributed by atoms with E-state index in [-0.39, 0.29) is 12.0 Å². The number of hydrogen-bond acceptors (Lipinski definition) is 2. The number of benzene rings is 1. The summed E-state index contributed by atoms with van der Waals surface area (Å²) in [5.74, 6) is -1.20. The number of rotatable bonds is 3. The van der Waals surface area contributed by atoms with Crippen molar-refractivity contribution in [1.29, 1.82) is 0 Å². The maximum Gasteiger partial charge on any atom is 0.319 e. The van der Waals surface area contributed by atoms with E-state index in [1.54, 1.807) is 18.2 Å². The monoisotopic (exact) mass is 316 g/mol. The van der Waals surface area contributed by atoms with Gasteiger partial charge in [0, 0.05) is 6.04 Å². The van der Waals surface area contributed by atoms with Crippen LogP contribution in [0.25, 0.3) is 0 Å². The van der Waals surface area contributed by atoms with Crippen LogP contribution in [0.5, 0.6) is 0 Å². The van der Waals surface area contributed by atoms with Crippen molar-refractivity contribution in [3.63, 3.8) is 0 Å². The van der Waals surface area contributed by atoms with Crippen molar-refractivity contribution < 1.29 is 14.7 Å². The lowest BCUT2D eigenvalue weighted by molar-refractivity contribution is -0.141. The van der Waals surface area contributed by atoms with Gasteiger partial charge >= 0.3 is 12.0 Å². The third-order valence-electron chi connectivity index (χ3n) is 3.32. The molecule has 2 atom stereocenters. The number of carbonyl (C=O) groups excluding carboxylic acids is 1. The molecule has 2 amide bonds. The van der Waals surface area contributed by atoms with Crippen LogP contribution in [0.3, 0.4) is 0 Å². The summed E-state index contributed by atoms with van der Waals surface area (Å²) >= 11 is 11.9. The summed E-state index contributed by atoms with van der Waals surface area (Å²) in [5.41, 5.74) is 0.348. The van der Waals surface area contributed by atoms with Gasteiger partial charge in [0.2, 0.25) is 0 Å². The number of nitrogens with one attached hydrogen (secondary N) is 2. The van der Waals surface area contributed by atoms with E-state index in [2.05, 4.69) is 10.6 Å². The maximum absolute atomic E-state index is 11.9. The van der Waals surface area contributed by atoms with Crippen LogP contribution in [0, 0.1) is 5.92 Å². The Kier molecular flexibility index (Phi) is 4.73. The zero-order valence-electron chi connectivity index (χ0n) is 10.5. The molecule has 0 bridgehead atoms. The third kappa shape index (κ3) is 3.55. The molecule has 7 heteroatoms. The highest BCUT2D eigenvalue weighted by Gasteiger charge is 2.30. The van der Waals surface area contributed by atoms with E-state index in [0.29, 0.717) is 35.0 Å². The van der Waals surface area contributed by atoms with Crippen molar-refractivity contribution in [3.05, 3.63) is 28.2 Å². The second-order valence-corrected chi connectivity index (χ2v) is 5.55. The standard InChI is InChI=1S/C13H14Cl2N2O3/c14-9-2-1-3-10(15)11(9)17-13(20)16-8-5-4-7(6-8)12(18)19/h1-3,7-8H,4-6H2,(H,18,19)(H2,16,17,20). The summed E-state index contributed by atoms with van der Waals surface area (Å²) < 4.78 is 0. The predicted octanol–water partition coefficient (Wildman–Crippen LogP) is 3.37. The normalized spacial score (nSPS) is 21.5. The smallest absolute Gasteiger partial charge is 0.319 e. The second kappa shape index (κ2) is 6.33. The average Bonchev–Trinajstić information content (AvgIpc) is 2.82. The van der Waals surface area contributed by atoms with E-state index in [1.807, 2.05) is 0 Å². The SMILES string of the molecule is O=C(Nc1c(Cl)cccc1Cl)NC1CCC(C(=O)O)C1. The fraction of sp³-hybridized carbons (Fsp3) is 0.385. The molecule has 1 aliphatic carbocycles. The first kappa shape index (κ1) is 14.9. The van der Waals surface area contributed by atoms with Gasteiger partial charge in [0.15, 0.2) is 0 Å². The molecule has 1 aromatic rings. The van der Waals surface area contributed by atoms with Gasteiger partial charge in [0.05, 0.1) is 21.7 Å². The van der Waals surface area contributed by atoms with Gasteiger partial charge < -0.3 is 15.7 Å². The van der Waals surface area contributed by atoms with Crippen LogP contribution < -0.4 is 10.6 Å². The summed E-state index contributed by atoms with van der Waals surface area (Å²) in [5, 5.41) is 14.9. The van der Waals surface area contributed by atoms with Crippen LogP contribution in [0.2, 0.25) is 10.0 Å². The first-order chi connectivity index (χ1) is 9.47. The van der Waals surface area contributed by atoms with Gasteiger partial charge in [0.25, 0.3) is 0 Å². The van der Waals surface area contributed by atoms with Crippen LogP contribution in [0.1, 0.15) is 19.3 Å². The van der Waals surface area contributed by atoms with Gasteiger partial charge in [0.1, 0.15) is 0 Å². The van der Waals surface area contributed by atoms with Crippen molar-refractivity contribution in [2.45, 2.75) is 25.3 Å². The van der Waals surface area contributed by atoms with Crippen molar-refractivity contribution in [2.24, 2.45) is 5.92 Å². The molecule has 0 spiro atoms. The van der Waals surface area contributed by atoms with E-state index in [9.17, 15) is 9.59 Å². The lowest BCUT2D eigenvalue weighted by Gasteiger charge is -2.14. The van der Waals surface area contributed by atoms with Gasteiger partial charge in [-0.2, -0.15) is 0 Å². The topological polar surface area (TPSA) is 78.4 Å². The van der Waals surface area contributed by atoms with Crippen LogP contribution in [0.4, 0.5) is 10.5 Å². The molecule has 0 radical (unpaired) electrons. The Morgan fingerprint density at radius 1 is 1.20 bits per heavy atom. The molecular weight excluding hydrogens is 303 g/mol. The minimum atomic E-state index is -0.816. The Bertz CT molecular complexity index is 516. The molecule has 1 aliphatic rings. The number of carbonyl (C=O) groups is 2. The van der Waals surface area contributed by atoms with Gasteiger partial charge in [-0.1, -0.05) is 29.3 Å². The number of anilines is 1. The Hall–Kier alpha value is -1.46. The van der Waals surface area contributed by atoms with Crippen molar-refractivity contribution >= 4 is 40.9 Å². The molecule has 3 N–H and O–H groups in total. The summed E-state index contributed by atoms with van der Waals surface area (Å²) in [6.07, 6.45) is 1.67. The number of para-hydroxylation sites is 1. The molecule has 1 saturated carbocycles. The number of carboxylic acid groups (broad SMARTS) is 1. The van der Waals surface area contributed by atoms with E-state index in [1.165, 1.54) is 0 Å². The molecule has 2 rings (SSSR count). The third-order valence-corrected chi connectivity index (χ3v) is 3.95. The maximum atomic E-state index is 11.9. The molecular formula is C13H14Cl2N2O3. The molecule has 108 valence electrons. The number of halogens is 2. The molecule has 1 fully saturated rings. The molecule has 0 saturated heterocycles. The lowest BCUT2D eigenvalue weighted by atomic mass is 10.1. The molecule has 0 aliphatic heterocycles. The van der Waals surface area contributed by atoms with Crippen LogP contribution in [-0.2, 0) is 4.79 Å². The van der Waals surface area contributed by atoms with Gasteiger partial charge in [-0.05, 0) is 31.4 Å². The zero-order valence-corrected chi connectivity index (χ0v) is 12.0. The van der Waals surface area contributed by atoms with E-state index >= 15 is 0 Å². The summed E-state index contributed by atoms with van der Waals surface area (Å²) in [7, 11) is 0. The number of aliphatic carboxylic acids is 1. The highest BCUT2D eigenvalue weighted by atomic mass is 35.5. The van der Waals surface area contributed by atoms with Crippen LogP contribution in [0.15, 0.2) is 18.2 Å². The Balaban J connectivity index is 1.92. The quantitative estimate of drug-likeness (QED) is 0.800. The number of carboxylic acids is 1. The first-order valence-electron chi connectivity index (χ1n) is 6.21. The fourth-order valence-corrected chi connectivity index (χ4v) is 2.78. The van der Waals surface area contributed by atoms with E-state index < -0.39 is 12.0 Å². The van der Waals surface area contributed by atoms with Gasteiger partial charge in [-0.15, -0.1) is 0 Å². The van der Waals surface area contributed by atoms with Crippen molar-refractivity contribution in [2.75, 3.05) is 5.32 Å². The zero-order chi connectivity index (χ0) is 14.7. The molecule has 1 aromatic carbocycles. The van der Waals surface area contributed by atoms with E-state index in [0.717, 1.165) is 0 Å². The molecule has 2 unspecified atom stereocenters. The Morgan fingerprint density at radius 2 is 1.85 bits per heavy atom. The number of hydrogen-bond donors (Lipinski definition) is 3. The summed E-state index contributed by atoms with van der Waals surface area (Å²) in [4.78, 5) is 22.7. The molecule has 0 heterocycles. The average molecular weight is 317 g/mol. The highest BCUT2D eigenvalue weighted by molar-refractivity contribution is 6.39. The Morgan fingerprint density at radius 3 is 2.40 bits per heavy atom. The second-order valence-electron chi connectivity index (χ2n) is 4.74. The van der Waals surface area contributed by atoms with E-state index in [4.69, 9.17) is 28.3 Å². The first-order valence-corrected chi connectivity index (χ1v) is 6.97. The Labute approximate surface area is 126 Å². The minimum absolute atomic E-state index is 0.141. The number of amides is 2. The number of urea groups is 1. The highest BCUT2D eigenvalue weighted by Crippen LogP contribution is 2.30. The lowest BCUT2D eigenvalue weighted by Crippen LogP contribution is -2.36.